The lowest BCUT2D eigenvalue weighted by Crippen LogP contribution is -2.19. The number of ether oxygens (including phenoxy) is 2. The standard InChI is InChI=1S/C22H20F3N3O3S/c1-30-19-10-11-26-18(20(19)31-2)13-32-17-8-6-15(7-9-17)27-21(29)28-16-5-3-4-14(12-16)22(23,24)25/h3-12H,13H2,1-2H3,(H2,27,28,29). The van der Waals surface area contributed by atoms with Gasteiger partial charge in [0, 0.05) is 34.3 Å². The first-order valence-electron chi connectivity index (χ1n) is 9.34. The van der Waals surface area contributed by atoms with Crippen LogP contribution < -0.4 is 20.1 Å². The Morgan fingerprint density at radius 3 is 2.38 bits per heavy atom. The number of rotatable bonds is 7. The van der Waals surface area contributed by atoms with Crippen LogP contribution in [0.3, 0.4) is 0 Å². The predicted octanol–water partition coefficient (Wildman–Crippen LogP) is 6.05. The second-order valence-corrected chi connectivity index (χ2v) is 7.51. The molecule has 168 valence electrons. The van der Waals surface area contributed by atoms with Gasteiger partial charge < -0.3 is 20.1 Å². The van der Waals surface area contributed by atoms with Gasteiger partial charge in [-0.15, -0.1) is 11.8 Å². The summed E-state index contributed by atoms with van der Waals surface area (Å²) in [6.45, 7) is 0. The largest absolute Gasteiger partial charge is 0.493 e. The van der Waals surface area contributed by atoms with Crippen molar-refractivity contribution < 1.29 is 27.4 Å². The zero-order valence-electron chi connectivity index (χ0n) is 17.2. The molecule has 32 heavy (non-hydrogen) atoms. The molecule has 2 amide bonds. The molecule has 0 unspecified atom stereocenters. The van der Waals surface area contributed by atoms with Gasteiger partial charge >= 0.3 is 12.2 Å². The quantitative estimate of drug-likeness (QED) is 0.417. The van der Waals surface area contributed by atoms with Crippen molar-refractivity contribution in [3.05, 3.63) is 72.1 Å². The molecule has 0 atom stereocenters. The fourth-order valence-corrected chi connectivity index (χ4v) is 3.64. The second kappa shape index (κ2) is 10.3. The van der Waals surface area contributed by atoms with Gasteiger partial charge in [-0.05, 0) is 42.5 Å². The van der Waals surface area contributed by atoms with Crippen LogP contribution in [-0.2, 0) is 11.9 Å². The Kier molecular flexibility index (Phi) is 7.47. The Bertz CT molecular complexity index is 1080. The predicted molar refractivity (Wildman–Crippen MR) is 117 cm³/mol. The Morgan fingerprint density at radius 1 is 1.00 bits per heavy atom. The molecule has 6 nitrogen and oxygen atoms in total. The molecule has 3 aromatic rings. The number of alkyl halides is 3. The van der Waals surface area contributed by atoms with Gasteiger partial charge in [-0.25, -0.2) is 4.79 Å². The van der Waals surface area contributed by atoms with Crippen LogP contribution in [0.15, 0.2) is 65.7 Å². The highest BCUT2D eigenvalue weighted by molar-refractivity contribution is 7.98. The van der Waals surface area contributed by atoms with Gasteiger partial charge in [0.25, 0.3) is 0 Å². The van der Waals surface area contributed by atoms with Gasteiger partial charge in [0.05, 0.1) is 25.5 Å². The van der Waals surface area contributed by atoms with Crippen molar-refractivity contribution in [2.24, 2.45) is 0 Å². The average molecular weight is 463 g/mol. The number of urea groups is 1. The molecular formula is C22H20F3N3O3S. The molecule has 0 fully saturated rings. The fourth-order valence-electron chi connectivity index (χ4n) is 2.81. The lowest BCUT2D eigenvalue weighted by atomic mass is 10.2. The van der Waals surface area contributed by atoms with Crippen molar-refractivity contribution in [2.45, 2.75) is 16.8 Å². The number of hydrogen-bond donors (Lipinski definition) is 2. The SMILES string of the molecule is COc1ccnc(CSc2ccc(NC(=O)Nc3cccc(C(F)(F)F)c3)cc2)c1OC. The van der Waals surface area contributed by atoms with Crippen LogP contribution in [0.1, 0.15) is 11.3 Å². The van der Waals surface area contributed by atoms with Gasteiger partial charge in [-0.3, -0.25) is 4.98 Å². The number of amides is 2. The van der Waals surface area contributed by atoms with E-state index in [1.165, 1.54) is 23.9 Å². The molecule has 0 aliphatic heterocycles. The Labute approximate surface area is 187 Å². The highest BCUT2D eigenvalue weighted by atomic mass is 32.2. The average Bonchev–Trinajstić information content (AvgIpc) is 2.77. The van der Waals surface area contributed by atoms with E-state index in [1.54, 1.807) is 38.6 Å². The van der Waals surface area contributed by atoms with Crippen molar-refractivity contribution in [3.8, 4) is 11.5 Å². The summed E-state index contributed by atoms with van der Waals surface area (Å²) in [7, 11) is 3.11. The summed E-state index contributed by atoms with van der Waals surface area (Å²) in [6.07, 6.45) is -2.83. The van der Waals surface area contributed by atoms with Crippen molar-refractivity contribution >= 4 is 29.2 Å². The van der Waals surface area contributed by atoms with Crippen LogP contribution in [0, 0.1) is 0 Å². The number of thioether (sulfide) groups is 1. The number of benzene rings is 2. The minimum Gasteiger partial charge on any atom is -0.493 e. The number of methoxy groups -OCH3 is 2. The topological polar surface area (TPSA) is 72.5 Å². The van der Waals surface area contributed by atoms with E-state index >= 15 is 0 Å². The number of pyridine rings is 1. The highest BCUT2D eigenvalue weighted by Gasteiger charge is 2.30. The van der Waals surface area contributed by atoms with Gasteiger partial charge in [0.1, 0.15) is 0 Å². The maximum atomic E-state index is 12.8. The van der Waals surface area contributed by atoms with Crippen LogP contribution in [-0.4, -0.2) is 25.2 Å². The van der Waals surface area contributed by atoms with Crippen LogP contribution in [0.2, 0.25) is 0 Å². The number of halogens is 3. The third kappa shape index (κ3) is 6.07. The Morgan fingerprint density at radius 2 is 1.72 bits per heavy atom. The van der Waals surface area contributed by atoms with Gasteiger partial charge in [-0.2, -0.15) is 13.2 Å². The molecule has 2 aromatic carbocycles. The molecule has 0 saturated carbocycles. The molecule has 0 saturated heterocycles. The first kappa shape index (κ1) is 23.3. The molecule has 2 N–H and O–H groups in total. The molecule has 0 spiro atoms. The van der Waals surface area contributed by atoms with Crippen molar-refractivity contribution in [1.82, 2.24) is 4.98 Å². The Hall–Kier alpha value is -3.40. The minimum atomic E-state index is -4.48. The van der Waals surface area contributed by atoms with Crippen LogP contribution in [0.25, 0.3) is 0 Å². The van der Waals surface area contributed by atoms with E-state index in [9.17, 15) is 18.0 Å². The third-order valence-corrected chi connectivity index (χ3v) is 5.32. The van der Waals surface area contributed by atoms with E-state index in [0.717, 1.165) is 22.7 Å². The van der Waals surface area contributed by atoms with Crippen molar-refractivity contribution in [1.29, 1.82) is 0 Å². The molecule has 0 radical (unpaired) electrons. The lowest BCUT2D eigenvalue weighted by molar-refractivity contribution is -0.137. The van der Waals surface area contributed by atoms with E-state index in [0.29, 0.717) is 22.9 Å². The number of carbonyl (C=O) groups excluding carboxylic acids is 1. The molecule has 1 heterocycles. The molecular weight excluding hydrogens is 443 g/mol. The van der Waals surface area contributed by atoms with E-state index < -0.39 is 17.8 Å². The minimum absolute atomic E-state index is 0.0456. The van der Waals surface area contributed by atoms with Crippen molar-refractivity contribution in [3.63, 3.8) is 0 Å². The van der Waals surface area contributed by atoms with Gasteiger partial charge in [0.15, 0.2) is 11.5 Å². The molecule has 1 aromatic heterocycles. The summed E-state index contributed by atoms with van der Waals surface area (Å²) in [5, 5.41) is 4.99. The van der Waals surface area contributed by atoms with Crippen LogP contribution >= 0.6 is 11.8 Å². The van der Waals surface area contributed by atoms with Gasteiger partial charge in [-0.1, -0.05) is 6.07 Å². The first-order valence-corrected chi connectivity index (χ1v) is 10.3. The third-order valence-electron chi connectivity index (χ3n) is 4.30. The fraction of sp³-hybridized carbons (Fsp3) is 0.182. The summed E-state index contributed by atoms with van der Waals surface area (Å²) < 4.78 is 49.0. The highest BCUT2D eigenvalue weighted by Crippen LogP contribution is 2.34. The number of carbonyl (C=O) groups is 1. The van der Waals surface area contributed by atoms with E-state index in [2.05, 4.69) is 15.6 Å². The van der Waals surface area contributed by atoms with E-state index in [-0.39, 0.29) is 5.69 Å². The monoisotopic (exact) mass is 463 g/mol. The summed E-state index contributed by atoms with van der Waals surface area (Å²) >= 11 is 1.52. The summed E-state index contributed by atoms with van der Waals surface area (Å²) in [5.41, 5.74) is 0.443. The number of nitrogens with one attached hydrogen (secondary N) is 2. The normalized spacial score (nSPS) is 11.0. The smallest absolute Gasteiger partial charge is 0.416 e. The number of anilines is 2. The first-order chi connectivity index (χ1) is 15.3. The maximum absolute atomic E-state index is 12.8. The number of nitrogens with zero attached hydrogens (tertiary/aromatic N) is 1. The number of hydrogen-bond acceptors (Lipinski definition) is 5. The summed E-state index contributed by atoms with van der Waals surface area (Å²) in [5.74, 6) is 1.72. The maximum Gasteiger partial charge on any atom is 0.416 e. The van der Waals surface area contributed by atoms with Gasteiger partial charge in [0.2, 0.25) is 0 Å². The molecule has 0 aliphatic carbocycles. The molecule has 3 rings (SSSR count). The zero-order valence-corrected chi connectivity index (χ0v) is 18.0. The summed E-state index contributed by atoms with van der Waals surface area (Å²) in [6, 6.07) is 12.5. The zero-order chi connectivity index (χ0) is 23.1. The lowest BCUT2D eigenvalue weighted by Gasteiger charge is -2.12. The van der Waals surface area contributed by atoms with Crippen LogP contribution in [0.4, 0.5) is 29.3 Å². The van der Waals surface area contributed by atoms with E-state index in [4.69, 9.17) is 9.47 Å². The summed E-state index contributed by atoms with van der Waals surface area (Å²) in [4.78, 5) is 17.4. The second-order valence-electron chi connectivity index (χ2n) is 6.46. The van der Waals surface area contributed by atoms with Crippen molar-refractivity contribution in [2.75, 3.05) is 24.9 Å². The molecule has 0 aliphatic rings. The van der Waals surface area contributed by atoms with E-state index in [1.807, 2.05) is 12.1 Å². The molecule has 0 bridgehead atoms. The molecule has 10 heteroatoms. The van der Waals surface area contributed by atoms with Crippen LogP contribution in [0.5, 0.6) is 11.5 Å². The Balaban J connectivity index is 1.58. The number of aromatic nitrogens is 1.